The van der Waals surface area contributed by atoms with Crippen molar-refractivity contribution in [3.8, 4) is 0 Å². The number of benzene rings is 1. The van der Waals surface area contributed by atoms with Crippen molar-refractivity contribution >= 4 is 21.8 Å². The van der Waals surface area contributed by atoms with Gasteiger partial charge in [0.1, 0.15) is 0 Å². The summed E-state index contributed by atoms with van der Waals surface area (Å²) in [6.07, 6.45) is 3.23. The molecule has 0 radical (unpaired) electrons. The van der Waals surface area contributed by atoms with Crippen molar-refractivity contribution in [1.29, 1.82) is 0 Å². The van der Waals surface area contributed by atoms with Crippen molar-refractivity contribution in [2.24, 2.45) is 0 Å². The van der Waals surface area contributed by atoms with Crippen LogP contribution in [0.1, 0.15) is 38.7 Å². The molecule has 0 bridgehead atoms. The Morgan fingerprint density at radius 2 is 2.15 bits per heavy atom. The summed E-state index contributed by atoms with van der Waals surface area (Å²) in [6, 6.07) is 8.65. The normalized spacial score (nSPS) is 17.1. The smallest absolute Gasteiger partial charge is 0.234 e. The lowest BCUT2D eigenvalue weighted by atomic mass is 9.72. The fourth-order valence-electron chi connectivity index (χ4n) is 2.52. The Balaban J connectivity index is 2.07. The molecule has 0 spiro atoms. The fraction of sp³-hybridized carbons (Fsp3) is 0.562. The minimum Gasteiger partial charge on any atom is -0.345 e. The quantitative estimate of drug-likeness (QED) is 0.893. The van der Waals surface area contributed by atoms with Crippen LogP contribution in [0.15, 0.2) is 28.7 Å². The van der Waals surface area contributed by atoms with Gasteiger partial charge in [0, 0.05) is 10.5 Å². The summed E-state index contributed by atoms with van der Waals surface area (Å²) in [5, 5.41) is 3.26. The topological polar surface area (TPSA) is 32.3 Å². The lowest BCUT2D eigenvalue weighted by molar-refractivity contribution is -0.125. The number of halogens is 1. The van der Waals surface area contributed by atoms with Gasteiger partial charge in [-0.15, -0.1) is 0 Å². The highest BCUT2D eigenvalue weighted by Crippen LogP contribution is 2.41. The third-order valence-electron chi connectivity index (χ3n) is 4.24. The lowest BCUT2D eigenvalue weighted by Crippen LogP contribution is -2.53. The molecule has 0 saturated heterocycles. The molecule has 1 saturated carbocycles. The Morgan fingerprint density at radius 3 is 2.65 bits per heavy atom. The van der Waals surface area contributed by atoms with E-state index in [0.717, 1.165) is 17.3 Å². The van der Waals surface area contributed by atoms with E-state index in [-0.39, 0.29) is 11.4 Å². The molecule has 1 aliphatic carbocycles. The SMILES string of the molecule is CC(C)N(C)CC(=O)NC1(c2cccc(Br)c2)CCC1. The minimum absolute atomic E-state index is 0.112. The largest absolute Gasteiger partial charge is 0.345 e. The molecular formula is C16H23BrN2O. The average molecular weight is 339 g/mol. The number of hydrogen-bond donors (Lipinski definition) is 1. The third kappa shape index (κ3) is 3.41. The Kier molecular flexibility index (Phi) is 4.86. The number of likely N-dealkylation sites (N-methyl/N-ethyl adjacent to an activating group) is 1. The van der Waals surface area contributed by atoms with Crippen LogP contribution in [0.5, 0.6) is 0 Å². The molecule has 0 atom stereocenters. The van der Waals surface area contributed by atoms with Crippen molar-refractivity contribution in [2.75, 3.05) is 13.6 Å². The van der Waals surface area contributed by atoms with Crippen molar-refractivity contribution < 1.29 is 4.79 Å². The molecule has 1 aromatic carbocycles. The van der Waals surface area contributed by atoms with Crippen LogP contribution in [0.3, 0.4) is 0 Å². The average Bonchev–Trinajstić information content (AvgIpc) is 2.33. The van der Waals surface area contributed by atoms with Gasteiger partial charge in [-0.25, -0.2) is 0 Å². The second-order valence-corrected chi connectivity index (χ2v) is 6.92. The van der Waals surface area contributed by atoms with E-state index in [9.17, 15) is 4.79 Å². The predicted molar refractivity (Wildman–Crippen MR) is 85.6 cm³/mol. The Morgan fingerprint density at radius 1 is 1.45 bits per heavy atom. The number of carbonyl (C=O) groups is 1. The van der Waals surface area contributed by atoms with Crippen LogP contribution in [-0.4, -0.2) is 30.4 Å². The molecule has 1 aliphatic rings. The molecule has 20 heavy (non-hydrogen) atoms. The van der Waals surface area contributed by atoms with Gasteiger partial charge in [0.15, 0.2) is 0 Å². The molecule has 2 rings (SSSR count). The molecular weight excluding hydrogens is 316 g/mol. The highest BCUT2D eigenvalue weighted by atomic mass is 79.9. The fourth-order valence-corrected chi connectivity index (χ4v) is 2.92. The number of amides is 1. The zero-order valence-electron chi connectivity index (χ0n) is 12.4. The Bertz CT molecular complexity index is 483. The van der Waals surface area contributed by atoms with Crippen molar-refractivity contribution in [3.05, 3.63) is 34.3 Å². The zero-order valence-corrected chi connectivity index (χ0v) is 14.0. The van der Waals surface area contributed by atoms with E-state index < -0.39 is 0 Å². The van der Waals surface area contributed by atoms with E-state index in [4.69, 9.17) is 0 Å². The molecule has 1 fully saturated rings. The Hall–Kier alpha value is -0.870. The number of nitrogens with one attached hydrogen (secondary N) is 1. The van der Waals surface area contributed by atoms with E-state index in [1.165, 1.54) is 12.0 Å². The molecule has 0 aliphatic heterocycles. The van der Waals surface area contributed by atoms with Gasteiger partial charge in [-0.05, 0) is 57.9 Å². The van der Waals surface area contributed by atoms with Crippen LogP contribution in [0.4, 0.5) is 0 Å². The maximum Gasteiger partial charge on any atom is 0.234 e. The standard InChI is InChI=1S/C16H23BrN2O/c1-12(2)19(3)11-15(20)18-16(8-5-9-16)13-6-4-7-14(17)10-13/h4,6-7,10,12H,5,8-9,11H2,1-3H3,(H,18,20). The number of rotatable bonds is 5. The van der Waals surface area contributed by atoms with Crippen LogP contribution < -0.4 is 5.32 Å². The van der Waals surface area contributed by atoms with Gasteiger partial charge in [0.2, 0.25) is 5.91 Å². The van der Waals surface area contributed by atoms with Crippen LogP contribution in [0.25, 0.3) is 0 Å². The van der Waals surface area contributed by atoms with Gasteiger partial charge in [0.25, 0.3) is 0 Å². The van der Waals surface area contributed by atoms with Gasteiger partial charge in [-0.1, -0.05) is 28.1 Å². The van der Waals surface area contributed by atoms with Crippen LogP contribution in [-0.2, 0) is 10.3 Å². The number of nitrogens with zero attached hydrogens (tertiary/aromatic N) is 1. The first-order chi connectivity index (χ1) is 9.43. The van der Waals surface area contributed by atoms with Gasteiger partial charge in [0.05, 0.1) is 12.1 Å². The molecule has 0 unspecified atom stereocenters. The molecule has 0 aromatic heterocycles. The molecule has 3 nitrogen and oxygen atoms in total. The number of hydrogen-bond acceptors (Lipinski definition) is 2. The summed E-state index contributed by atoms with van der Waals surface area (Å²) in [7, 11) is 1.98. The number of carbonyl (C=O) groups excluding carboxylic acids is 1. The van der Waals surface area contributed by atoms with Crippen molar-refractivity contribution in [3.63, 3.8) is 0 Å². The first-order valence-corrected chi connectivity index (χ1v) is 7.99. The molecule has 4 heteroatoms. The third-order valence-corrected chi connectivity index (χ3v) is 4.73. The second kappa shape index (κ2) is 6.27. The predicted octanol–water partition coefficient (Wildman–Crippen LogP) is 3.28. The summed E-state index contributed by atoms with van der Waals surface area (Å²) >= 11 is 3.51. The van der Waals surface area contributed by atoms with Gasteiger partial charge >= 0.3 is 0 Å². The van der Waals surface area contributed by atoms with E-state index in [0.29, 0.717) is 12.6 Å². The van der Waals surface area contributed by atoms with E-state index in [2.05, 4.69) is 52.1 Å². The maximum absolute atomic E-state index is 12.3. The maximum atomic E-state index is 12.3. The van der Waals surface area contributed by atoms with Gasteiger partial charge in [-0.2, -0.15) is 0 Å². The molecule has 1 aromatic rings. The highest BCUT2D eigenvalue weighted by Gasteiger charge is 2.40. The Labute approximate surface area is 129 Å². The summed E-state index contributed by atoms with van der Waals surface area (Å²) in [5.41, 5.74) is 1.05. The van der Waals surface area contributed by atoms with Crippen LogP contribution in [0.2, 0.25) is 0 Å². The van der Waals surface area contributed by atoms with Crippen molar-refractivity contribution in [1.82, 2.24) is 10.2 Å². The first-order valence-electron chi connectivity index (χ1n) is 7.20. The molecule has 1 N–H and O–H groups in total. The minimum atomic E-state index is -0.154. The van der Waals surface area contributed by atoms with Gasteiger partial charge in [-0.3, -0.25) is 9.69 Å². The molecule has 0 heterocycles. The van der Waals surface area contributed by atoms with Crippen molar-refractivity contribution in [2.45, 2.75) is 44.7 Å². The molecule has 1 amide bonds. The summed E-state index contributed by atoms with van der Waals surface area (Å²) in [6.45, 7) is 4.65. The second-order valence-electron chi connectivity index (χ2n) is 6.00. The van der Waals surface area contributed by atoms with E-state index in [1.807, 2.05) is 19.2 Å². The molecule has 110 valence electrons. The van der Waals surface area contributed by atoms with Crippen LogP contribution >= 0.6 is 15.9 Å². The lowest BCUT2D eigenvalue weighted by Gasteiger charge is -2.43. The van der Waals surface area contributed by atoms with E-state index in [1.54, 1.807) is 0 Å². The monoisotopic (exact) mass is 338 g/mol. The summed E-state index contributed by atoms with van der Waals surface area (Å²) in [4.78, 5) is 14.3. The summed E-state index contributed by atoms with van der Waals surface area (Å²) < 4.78 is 1.06. The first kappa shape index (κ1) is 15.5. The summed E-state index contributed by atoms with van der Waals surface area (Å²) in [5.74, 6) is 0.112. The van der Waals surface area contributed by atoms with Gasteiger partial charge < -0.3 is 5.32 Å². The van der Waals surface area contributed by atoms with E-state index >= 15 is 0 Å². The zero-order chi connectivity index (χ0) is 14.8. The van der Waals surface area contributed by atoms with Crippen LogP contribution in [0, 0.1) is 0 Å². The highest BCUT2D eigenvalue weighted by molar-refractivity contribution is 9.10.